The molecule has 148 valence electrons. The number of rotatable bonds is 8. The summed E-state index contributed by atoms with van der Waals surface area (Å²) in [6.07, 6.45) is 2.40. The van der Waals surface area contributed by atoms with Crippen molar-refractivity contribution in [2.24, 2.45) is 0 Å². The number of benzene rings is 1. The Morgan fingerprint density at radius 1 is 1.22 bits per heavy atom. The van der Waals surface area contributed by atoms with E-state index in [4.69, 9.17) is 4.74 Å². The van der Waals surface area contributed by atoms with Crippen molar-refractivity contribution in [1.29, 1.82) is 0 Å². The molecule has 1 aliphatic heterocycles. The van der Waals surface area contributed by atoms with E-state index in [1.54, 1.807) is 29.5 Å². The minimum absolute atomic E-state index is 0.0521. The van der Waals surface area contributed by atoms with E-state index in [9.17, 15) is 8.42 Å². The third-order valence-electron chi connectivity index (χ3n) is 4.74. The van der Waals surface area contributed by atoms with E-state index < -0.39 is 10.0 Å². The van der Waals surface area contributed by atoms with Gasteiger partial charge in [0.2, 0.25) is 10.0 Å². The monoisotopic (exact) mass is 408 g/mol. The molecule has 0 saturated carbocycles. The molecule has 3 rings (SSSR count). The number of hydrogen-bond donors (Lipinski definition) is 1. The van der Waals surface area contributed by atoms with Crippen LogP contribution in [0.25, 0.3) is 0 Å². The second-order valence-corrected chi connectivity index (χ2v) is 9.97. The first-order valence-electron chi connectivity index (χ1n) is 9.41. The van der Waals surface area contributed by atoms with Gasteiger partial charge in [-0.1, -0.05) is 6.07 Å². The summed E-state index contributed by atoms with van der Waals surface area (Å²) in [6, 6.07) is 9.23. The van der Waals surface area contributed by atoms with Gasteiger partial charge in [-0.05, 0) is 81.9 Å². The summed E-state index contributed by atoms with van der Waals surface area (Å²) < 4.78 is 34.2. The Hall–Kier alpha value is -1.41. The molecular formula is C20H28N2O3S2. The molecule has 1 N–H and O–H groups in total. The van der Waals surface area contributed by atoms with Crippen LogP contribution in [0, 0.1) is 6.92 Å². The SMILES string of the molecule is Cc1cc(S(=O)(=O)NCC(c2cccs2)N2CCCC2)ccc1OC(C)C. The maximum Gasteiger partial charge on any atom is 0.240 e. The minimum Gasteiger partial charge on any atom is -0.491 e. The highest BCUT2D eigenvalue weighted by Crippen LogP contribution is 2.29. The lowest BCUT2D eigenvalue weighted by Gasteiger charge is -2.27. The predicted molar refractivity (Wildman–Crippen MR) is 110 cm³/mol. The van der Waals surface area contributed by atoms with Crippen LogP contribution in [0.15, 0.2) is 40.6 Å². The van der Waals surface area contributed by atoms with E-state index in [1.165, 1.54) is 17.7 Å². The zero-order valence-electron chi connectivity index (χ0n) is 16.1. The second-order valence-electron chi connectivity index (χ2n) is 7.22. The quantitative estimate of drug-likeness (QED) is 0.718. The average molecular weight is 409 g/mol. The van der Waals surface area contributed by atoms with Crippen LogP contribution in [0.5, 0.6) is 5.75 Å². The molecule has 0 amide bonds. The van der Waals surface area contributed by atoms with Crippen LogP contribution < -0.4 is 9.46 Å². The van der Waals surface area contributed by atoms with Gasteiger partial charge in [0.05, 0.1) is 17.0 Å². The summed E-state index contributed by atoms with van der Waals surface area (Å²) in [5.74, 6) is 0.720. The van der Waals surface area contributed by atoms with E-state index in [2.05, 4.69) is 15.7 Å². The number of nitrogens with zero attached hydrogens (tertiary/aromatic N) is 1. The van der Waals surface area contributed by atoms with Crippen molar-refractivity contribution < 1.29 is 13.2 Å². The molecule has 0 bridgehead atoms. The summed E-state index contributed by atoms with van der Waals surface area (Å²) in [7, 11) is -3.57. The maximum atomic E-state index is 12.8. The van der Waals surface area contributed by atoms with E-state index in [0.717, 1.165) is 24.4 Å². The fourth-order valence-electron chi connectivity index (χ4n) is 3.39. The highest BCUT2D eigenvalue weighted by atomic mass is 32.2. The minimum atomic E-state index is -3.57. The Bertz CT molecular complexity index is 842. The van der Waals surface area contributed by atoms with Crippen LogP contribution in [0.4, 0.5) is 0 Å². The average Bonchev–Trinajstić information content (AvgIpc) is 3.30. The predicted octanol–water partition coefficient (Wildman–Crippen LogP) is 3.96. The number of thiophene rings is 1. The lowest BCUT2D eigenvalue weighted by atomic mass is 10.2. The van der Waals surface area contributed by atoms with Crippen LogP contribution in [-0.2, 0) is 10.0 Å². The first kappa shape index (κ1) is 20.3. The zero-order valence-corrected chi connectivity index (χ0v) is 17.8. The molecule has 1 atom stereocenters. The Labute approximate surface area is 166 Å². The Morgan fingerprint density at radius 2 is 1.96 bits per heavy atom. The molecule has 1 unspecified atom stereocenters. The normalized spacial score (nSPS) is 16.7. The van der Waals surface area contributed by atoms with Gasteiger partial charge in [-0.3, -0.25) is 4.90 Å². The smallest absolute Gasteiger partial charge is 0.240 e. The zero-order chi connectivity index (χ0) is 19.4. The Balaban J connectivity index is 1.74. The molecule has 1 fully saturated rings. The third-order valence-corrected chi connectivity index (χ3v) is 7.13. The summed E-state index contributed by atoms with van der Waals surface area (Å²) in [5.41, 5.74) is 0.820. The van der Waals surface area contributed by atoms with Crippen molar-refractivity contribution in [2.45, 2.75) is 50.7 Å². The van der Waals surface area contributed by atoms with Crippen LogP contribution >= 0.6 is 11.3 Å². The Kier molecular flexibility index (Phi) is 6.57. The highest BCUT2D eigenvalue weighted by Gasteiger charge is 2.26. The fraction of sp³-hybridized carbons (Fsp3) is 0.500. The molecule has 0 radical (unpaired) electrons. The van der Waals surface area contributed by atoms with Crippen molar-refractivity contribution in [3.05, 3.63) is 46.2 Å². The molecule has 2 heterocycles. The van der Waals surface area contributed by atoms with Crippen LogP contribution in [0.2, 0.25) is 0 Å². The van der Waals surface area contributed by atoms with Gasteiger partial charge in [-0.25, -0.2) is 13.1 Å². The number of likely N-dealkylation sites (tertiary alicyclic amines) is 1. The van der Waals surface area contributed by atoms with Crippen LogP contribution in [0.1, 0.15) is 43.2 Å². The lowest BCUT2D eigenvalue weighted by molar-refractivity contribution is 0.240. The summed E-state index contributed by atoms with van der Waals surface area (Å²) in [4.78, 5) is 3.86. The largest absolute Gasteiger partial charge is 0.491 e. The van der Waals surface area contributed by atoms with Crippen molar-refractivity contribution in [1.82, 2.24) is 9.62 Å². The first-order chi connectivity index (χ1) is 12.9. The number of sulfonamides is 1. The fourth-order valence-corrected chi connectivity index (χ4v) is 5.37. The molecule has 2 aromatic rings. The maximum absolute atomic E-state index is 12.8. The number of aryl methyl sites for hydroxylation is 1. The highest BCUT2D eigenvalue weighted by molar-refractivity contribution is 7.89. The summed E-state index contributed by atoms with van der Waals surface area (Å²) >= 11 is 1.68. The summed E-state index contributed by atoms with van der Waals surface area (Å²) in [5, 5.41) is 2.05. The Morgan fingerprint density at radius 3 is 2.56 bits per heavy atom. The molecule has 0 aliphatic carbocycles. The molecule has 27 heavy (non-hydrogen) atoms. The first-order valence-corrected chi connectivity index (χ1v) is 11.8. The van der Waals surface area contributed by atoms with Crippen molar-refractivity contribution in [2.75, 3.05) is 19.6 Å². The van der Waals surface area contributed by atoms with Crippen molar-refractivity contribution >= 4 is 21.4 Å². The molecule has 1 aliphatic rings. The molecule has 1 aromatic heterocycles. The van der Waals surface area contributed by atoms with Crippen LogP contribution in [0.3, 0.4) is 0 Å². The van der Waals surface area contributed by atoms with Gasteiger partial charge in [0.15, 0.2) is 0 Å². The van der Waals surface area contributed by atoms with Gasteiger partial charge in [-0.15, -0.1) is 11.3 Å². The number of nitrogens with one attached hydrogen (secondary N) is 1. The van der Waals surface area contributed by atoms with Gasteiger partial charge in [-0.2, -0.15) is 0 Å². The second kappa shape index (κ2) is 8.73. The van der Waals surface area contributed by atoms with Crippen molar-refractivity contribution in [3.63, 3.8) is 0 Å². The number of ether oxygens (including phenoxy) is 1. The van der Waals surface area contributed by atoms with Gasteiger partial charge < -0.3 is 4.74 Å². The molecule has 1 aromatic carbocycles. The molecule has 0 spiro atoms. The molecule has 1 saturated heterocycles. The molecule has 7 heteroatoms. The number of hydrogen-bond acceptors (Lipinski definition) is 5. The van der Waals surface area contributed by atoms with Gasteiger partial charge in [0, 0.05) is 11.4 Å². The molecule has 5 nitrogen and oxygen atoms in total. The van der Waals surface area contributed by atoms with Crippen molar-refractivity contribution in [3.8, 4) is 5.75 Å². The standard InChI is InChI=1S/C20H28N2O3S2/c1-15(2)25-19-9-8-17(13-16(19)3)27(23,24)21-14-18(20-7-6-12-26-20)22-10-4-5-11-22/h6-9,12-13,15,18,21H,4-5,10-11,14H2,1-3H3. The van der Waals surface area contributed by atoms with E-state index in [1.807, 2.05) is 32.2 Å². The summed E-state index contributed by atoms with van der Waals surface area (Å²) in [6.45, 7) is 8.19. The molecular weight excluding hydrogens is 380 g/mol. The van der Waals surface area contributed by atoms with Gasteiger partial charge in [0.1, 0.15) is 5.75 Å². The van der Waals surface area contributed by atoms with Crippen LogP contribution in [-0.4, -0.2) is 39.1 Å². The third kappa shape index (κ3) is 5.10. The lowest BCUT2D eigenvalue weighted by Crippen LogP contribution is -2.36. The van der Waals surface area contributed by atoms with E-state index >= 15 is 0 Å². The van der Waals surface area contributed by atoms with Gasteiger partial charge in [0.25, 0.3) is 0 Å². The topological polar surface area (TPSA) is 58.6 Å². The van der Waals surface area contributed by atoms with Gasteiger partial charge >= 0.3 is 0 Å². The van der Waals surface area contributed by atoms with E-state index in [-0.39, 0.29) is 17.0 Å². The van der Waals surface area contributed by atoms with E-state index in [0.29, 0.717) is 6.54 Å².